The maximum atomic E-state index is 13.3. The van der Waals surface area contributed by atoms with Gasteiger partial charge in [0.05, 0.1) is 0 Å². The van der Waals surface area contributed by atoms with E-state index in [-0.39, 0.29) is 5.56 Å². The highest BCUT2D eigenvalue weighted by atomic mass is 127. The van der Waals surface area contributed by atoms with Crippen LogP contribution in [0.2, 0.25) is 0 Å². The fraction of sp³-hybridized carbons (Fsp3) is 0.333. The van der Waals surface area contributed by atoms with E-state index in [9.17, 15) is 17.9 Å². The van der Waals surface area contributed by atoms with Crippen LogP contribution in [0.3, 0.4) is 0 Å². The SMILES string of the molecule is CS(=O)(=O)[C@@](Cl)(I)[C@@H](O)c1ccccc1F. The van der Waals surface area contributed by atoms with Crippen LogP contribution in [-0.2, 0) is 9.84 Å². The topological polar surface area (TPSA) is 54.4 Å². The highest BCUT2D eigenvalue weighted by molar-refractivity contribution is 14.1. The van der Waals surface area contributed by atoms with Crippen LogP contribution in [0.25, 0.3) is 0 Å². The van der Waals surface area contributed by atoms with Gasteiger partial charge in [-0.15, -0.1) is 0 Å². The van der Waals surface area contributed by atoms with Crippen molar-refractivity contribution in [2.24, 2.45) is 0 Å². The molecular weight excluding hydrogens is 370 g/mol. The summed E-state index contributed by atoms with van der Waals surface area (Å²) in [5, 5.41) is 9.81. The summed E-state index contributed by atoms with van der Waals surface area (Å²) in [6.07, 6.45) is -0.748. The van der Waals surface area contributed by atoms with Crippen molar-refractivity contribution in [1.82, 2.24) is 0 Å². The highest BCUT2D eigenvalue weighted by Crippen LogP contribution is 2.43. The first-order valence-corrected chi connectivity index (χ1v) is 7.52. The van der Waals surface area contributed by atoms with E-state index < -0.39 is 24.0 Å². The number of rotatable bonds is 3. The van der Waals surface area contributed by atoms with Gasteiger partial charge in [-0.05, 0) is 28.7 Å². The van der Waals surface area contributed by atoms with Gasteiger partial charge in [0.25, 0.3) is 0 Å². The first-order chi connectivity index (χ1) is 7.18. The zero-order valence-electron chi connectivity index (χ0n) is 8.19. The summed E-state index contributed by atoms with van der Waals surface area (Å²) in [7, 11) is -3.73. The molecule has 1 N–H and O–H groups in total. The molecule has 0 amide bonds. The van der Waals surface area contributed by atoms with Crippen molar-refractivity contribution in [3.63, 3.8) is 0 Å². The van der Waals surface area contributed by atoms with E-state index in [1.54, 1.807) is 0 Å². The minimum absolute atomic E-state index is 0.141. The van der Waals surface area contributed by atoms with Gasteiger partial charge in [-0.25, -0.2) is 12.8 Å². The third-order valence-electron chi connectivity index (χ3n) is 2.01. The average molecular weight is 379 g/mol. The van der Waals surface area contributed by atoms with Gasteiger partial charge in [0.2, 0.25) is 2.21 Å². The largest absolute Gasteiger partial charge is 0.384 e. The summed E-state index contributed by atoms with van der Waals surface area (Å²) in [5.41, 5.74) is -0.141. The fourth-order valence-electron chi connectivity index (χ4n) is 1.08. The van der Waals surface area contributed by atoms with Gasteiger partial charge in [0.1, 0.15) is 11.9 Å². The van der Waals surface area contributed by atoms with E-state index in [4.69, 9.17) is 11.6 Å². The second-order valence-corrected chi connectivity index (χ2v) is 9.34. The van der Waals surface area contributed by atoms with Gasteiger partial charge >= 0.3 is 0 Å². The molecule has 90 valence electrons. The van der Waals surface area contributed by atoms with E-state index in [0.717, 1.165) is 12.3 Å². The lowest BCUT2D eigenvalue weighted by atomic mass is 10.1. The summed E-state index contributed by atoms with van der Waals surface area (Å²) in [6.45, 7) is 0. The molecule has 1 aromatic carbocycles. The molecule has 0 bridgehead atoms. The highest BCUT2D eigenvalue weighted by Gasteiger charge is 2.44. The van der Waals surface area contributed by atoms with Crippen LogP contribution >= 0.6 is 34.2 Å². The number of alkyl halides is 2. The van der Waals surface area contributed by atoms with Crippen LogP contribution in [0.15, 0.2) is 24.3 Å². The molecule has 1 aromatic rings. The lowest BCUT2D eigenvalue weighted by Crippen LogP contribution is -2.32. The molecule has 0 saturated carbocycles. The number of hydrogen-bond donors (Lipinski definition) is 1. The Morgan fingerprint density at radius 2 is 2.00 bits per heavy atom. The van der Waals surface area contributed by atoms with E-state index in [1.807, 2.05) is 0 Å². The molecule has 3 nitrogen and oxygen atoms in total. The molecule has 0 fully saturated rings. The predicted octanol–water partition coefficient (Wildman–Crippen LogP) is 2.23. The van der Waals surface area contributed by atoms with Crippen LogP contribution in [0, 0.1) is 5.82 Å². The maximum absolute atomic E-state index is 13.3. The lowest BCUT2D eigenvalue weighted by molar-refractivity contribution is 0.183. The Kier molecular flexibility index (Phi) is 4.20. The summed E-state index contributed by atoms with van der Waals surface area (Å²) in [5.74, 6) is -0.694. The summed E-state index contributed by atoms with van der Waals surface area (Å²) in [6, 6.07) is 5.36. The van der Waals surface area contributed by atoms with E-state index in [1.165, 1.54) is 40.8 Å². The summed E-state index contributed by atoms with van der Waals surface area (Å²) in [4.78, 5) is 0. The van der Waals surface area contributed by atoms with Crippen molar-refractivity contribution >= 4 is 44.0 Å². The zero-order valence-corrected chi connectivity index (χ0v) is 11.9. The Balaban J connectivity index is 3.23. The monoisotopic (exact) mass is 378 g/mol. The second kappa shape index (κ2) is 4.75. The van der Waals surface area contributed by atoms with Crippen LogP contribution < -0.4 is 0 Å². The van der Waals surface area contributed by atoms with Crippen LogP contribution in [0.1, 0.15) is 11.7 Å². The van der Waals surface area contributed by atoms with Crippen LogP contribution in [-0.4, -0.2) is 22.0 Å². The van der Waals surface area contributed by atoms with Gasteiger partial charge in [-0.1, -0.05) is 29.8 Å². The lowest BCUT2D eigenvalue weighted by Gasteiger charge is -2.24. The molecule has 1 rings (SSSR count). The molecule has 0 aliphatic rings. The smallest absolute Gasteiger partial charge is 0.225 e. The van der Waals surface area contributed by atoms with E-state index >= 15 is 0 Å². The normalized spacial score (nSPS) is 17.8. The second-order valence-electron chi connectivity index (χ2n) is 3.26. The van der Waals surface area contributed by atoms with Crippen molar-refractivity contribution < 1.29 is 17.9 Å². The van der Waals surface area contributed by atoms with Crippen molar-refractivity contribution in [3.8, 4) is 0 Å². The first kappa shape index (κ1) is 14.1. The Bertz CT molecular complexity index is 489. The van der Waals surface area contributed by atoms with Crippen molar-refractivity contribution in [2.45, 2.75) is 8.32 Å². The minimum atomic E-state index is -3.73. The molecule has 0 aromatic heterocycles. The summed E-state index contributed by atoms with van der Waals surface area (Å²) < 4.78 is 34.1. The molecule has 0 heterocycles. The van der Waals surface area contributed by atoms with Gasteiger partial charge in [-0.2, -0.15) is 0 Å². The van der Waals surface area contributed by atoms with Crippen LogP contribution in [0.5, 0.6) is 0 Å². The number of aliphatic hydroxyl groups is 1. The van der Waals surface area contributed by atoms with Gasteiger partial charge in [0.15, 0.2) is 9.84 Å². The minimum Gasteiger partial charge on any atom is -0.384 e. The predicted molar refractivity (Wildman–Crippen MR) is 68.8 cm³/mol. The quantitative estimate of drug-likeness (QED) is 0.648. The molecule has 7 heteroatoms. The third-order valence-corrected chi connectivity index (χ3v) is 7.26. The number of aliphatic hydroxyl groups excluding tert-OH is 1. The molecule has 16 heavy (non-hydrogen) atoms. The number of sulfone groups is 1. The van der Waals surface area contributed by atoms with Gasteiger partial charge in [0, 0.05) is 11.8 Å². The molecule has 0 saturated heterocycles. The molecular formula is C9H9ClFIO3S. The van der Waals surface area contributed by atoms with Crippen molar-refractivity contribution in [1.29, 1.82) is 0 Å². The number of hydrogen-bond acceptors (Lipinski definition) is 3. The fourth-order valence-corrected chi connectivity index (χ4v) is 2.07. The number of halogens is 3. The molecule has 0 spiro atoms. The maximum Gasteiger partial charge on any atom is 0.225 e. The molecule has 0 aliphatic carbocycles. The van der Waals surface area contributed by atoms with Crippen molar-refractivity contribution in [2.75, 3.05) is 6.26 Å². The van der Waals surface area contributed by atoms with Gasteiger partial charge in [-0.3, -0.25) is 0 Å². The summed E-state index contributed by atoms with van der Waals surface area (Å²) >= 11 is 7.14. The average Bonchev–Trinajstić information content (AvgIpc) is 2.15. The Hall–Kier alpha value is 0.0800. The Morgan fingerprint density at radius 3 is 2.44 bits per heavy atom. The standard InChI is InChI=1S/C9H9ClFIO3S/c1-16(14,15)9(10,12)8(13)6-4-2-3-5-7(6)11/h2-5,8,13H,1H3/t8-,9-/m0/s1. The first-order valence-electron chi connectivity index (χ1n) is 4.18. The number of benzene rings is 1. The zero-order chi connectivity index (χ0) is 12.6. The van der Waals surface area contributed by atoms with E-state index in [0.29, 0.717) is 0 Å². The molecule has 0 aliphatic heterocycles. The third kappa shape index (κ3) is 2.66. The molecule has 0 radical (unpaired) electrons. The Morgan fingerprint density at radius 1 is 1.50 bits per heavy atom. The van der Waals surface area contributed by atoms with Gasteiger partial charge < -0.3 is 5.11 Å². The molecule has 0 unspecified atom stereocenters. The van der Waals surface area contributed by atoms with Crippen molar-refractivity contribution in [3.05, 3.63) is 35.6 Å². The Labute approximate surface area is 112 Å². The van der Waals surface area contributed by atoms with Crippen LogP contribution in [0.4, 0.5) is 4.39 Å². The van der Waals surface area contributed by atoms with E-state index in [2.05, 4.69) is 0 Å². The molecule has 2 atom stereocenters.